The molecule has 32 heavy (non-hydrogen) atoms. The Hall–Kier alpha value is -2.22. The van der Waals surface area contributed by atoms with Gasteiger partial charge in [-0.25, -0.2) is 0 Å². The normalized spacial score (nSPS) is 20.5. The van der Waals surface area contributed by atoms with Crippen LogP contribution in [0.3, 0.4) is 0 Å². The number of rotatable bonds is 3. The van der Waals surface area contributed by atoms with Crippen LogP contribution >= 0.6 is 0 Å². The van der Waals surface area contributed by atoms with Crippen molar-refractivity contribution < 1.29 is 4.74 Å². The Morgan fingerprint density at radius 1 is 1.06 bits per heavy atom. The number of benzene rings is 1. The lowest BCUT2D eigenvalue weighted by Crippen LogP contribution is -2.46. The molecule has 2 nitrogen and oxygen atoms in total. The van der Waals surface area contributed by atoms with Gasteiger partial charge < -0.3 is 9.64 Å². The van der Waals surface area contributed by atoms with E-state index in [-0.39, 0.29) is 5.41 Å². The number of hydrogen-bond acceptors (Lipinski definition) is 2. The molecule has 3 aliphatic heterocycles. The summed E-state index contributed by atoms with van der Waals surface area (Å²) in [4.78, 5) is 2.64. The molecule has 0 aromatic heterocycles. The monoisotopic (exact) mass is 433 g/mol. The minimum atomic E-state index is 0.222. The molecule has 174 valence electrons. The topological polar surface area (TPSA) is 12.5 Å². The van der Waals surface area contributed by atoms with Crippen LogP contribution in [0, 0.1) is 5.41 Å². The van der Waals surface area contributed by atoms with Crippen LogP contribution in [0.2, 0.25) is 0 Å². The van der Waals surface area contributed by atoms with Crippen molar-refractivity contribution in [1.29, 1.82) is 0 Å². The fourth-order valence-electron chi connectivity index (χ4n) is 5.05. The van der Waals surface area contributed by atoms with Crippen LogP contribution in [0.1, 0.15) is 91.8 Å². The maximum atomic E-state index is 6.10. The largest absolute Gasteiger partial charge is 0.462 e. The minimum Gasteiger partial charge on any atom is -0.462 e. The highest BCUT2D eigenvalue weighted by Crippen LogP contribution is 2.47. The quantitative estimate of drug-likeness (QED) is 0.475. The Morgan fingerprint density at radius 2 is 1.78 bits per heavy atom. The third kappa shape index (κ3) is 5.05. The molecule has 0 fully saturated rings. The van der Waals surface area contributed by atoms with Crippen LogP contribution in [-0.2, 0) is 16.6 Å². The molecule has 0 atom stereocenters. The van der Waals surface area contributed by atoms with Gasteiger partial charge in [-0.2, -0.15) is 0 Å². The summed E-state index contributed by atoms with van der Waals surface area (Å²) in [6.45, 7) is 22.4. The second-order valence-electron chi connectivity index (χ2n) is 10.9. The molecule has 0 aliphatic carbocycles. The zero-order valence-corrected chi connectivity index (χ0v) is 21.9. The Morgan fingerprint density at radius 3 is 2.44 bits per heavy atom. The Bertz CT molecular complexity index is 980. The van der Waals surface area contributed by atoms with Crippen molar-refractivity contribution in [3.63, 3.8) is 0 Å². The van der Waals surface area contributed by atoms with Gasteiger partial charge in [0.05, 0.1) is 0 Å². The fraction of sp³-hybridized carbons (Fsp3) is 0.533. The number of nitrogens with zero attached hydrogens (tertiary/aromatic N) is 1. The predicted octanol–water partition coefficient (Wildman–Crippen LogP) is 8.34. The standard InChI is InChI=1S/C28H37NO.C2H6/c1-8-23-15-21(19(2)3)16-24(30-23)10-9-20-13-22-17-27(4,5)18-29-12-11-28(6,7)25(14-20)26(22)29;1-2/h9-10,13-16H,8,11-12,17-18H2,1-7H3;1-2H3/b10-9+;. The number of anilines is 1. The molecule has 3 heterocycles. The maximum Gasteiger partial charge on any atom is 0.127 e. The molecule has 4 rings (SSSR count). The molecule has 2 heteroatoms. The summed E-state index contributed by atoms with van der Waals surface area (Å²) in [5.41, 5.74) is 8.94. The first-order valence-electron chi connectivity index (χ1n) is 12.5. The zero-order valence-electron chi connectivity index (χ0n) is 21.9. The summed E-state index contributed by atoms with van der Waals surface area (Å²) in [5, 5.41) is 0. The molecule has 0 radical (unpaired) electrons. The van der Waals surface area contributed by atoms with Gasteiger partial charge in [0.15, 0.2) is 0 Å². The first-order valence-corrected chi connectivity index (χ1v) is 12.5. The predicted molar refractivity (Wildman–Crippen MR) is 140 cm³/mol. The Kier molecular flexibility index (Phi) is 7.12. The molecule has 0 unspecified atom stereocenters. The maximum absolute atomic E-state index is 6.10. The molecular weight excluding hydrogens is 390 g/mol. The zero-order chi connectivity index (χ0) is 23.7. The van der Waals surface area contributed by atoms with Gasteiger partial charge in [0, 0.05) is 25.2 Å². The molecule has 0 amide bonds. The van der Waals surface area contributed by atoms with E-state index >= 15 is 0 Å². The summed E-state index contributed by atoms with van der Waals surface area (Å²) in [6.07, 6.45) is 12.0. The van der Waals surface area contributed by atoms with E-state index in [4.69, 9.17) is 4.74 Å². The highest BCUT2D eigenvalue weighted by molar-refractivity contribution is 5.70. The SMILES string of the molecule is CC.CCC1=CC(=C(C)C)C=C(/C=C/c2cc3c4c(c2)C(C)(C)CCN4CC(C)(C)C3)O1. The smallest absolute Gasteiger partial charge is 0.127 e. The summed E-state index contributed by atoms with van der Waals surface area (Å²) in [6, 6.07) is 4.83. The van der Waals surface area contributed by atoms with Crippen LogP contribution < -0.4 is 4.90 Å². The van der Waals surface area contributed by atoms with Crippen LogP contribution in [-0.4, -0.2) is 13.1 Å². The van der Waals surface area contributed by atoms with E-state index in [0.29, 0.717) is 5.41 Å². The van der Waals surface area contributed by atoms with E-state index in [9.17, 15) is 0 Å². The molecule has 1 aromatic carbocycles. The molecule has 3 aliphatic rings. The lowest BCUT2D eigenvalue weighted by molar-refractivity contribution is 0.304. The molecule has 1 aromatic rings. The van der Waals surface area contributed by atoms with E-state index in [0.717, 1.165) is 30.9 Å². The summed E-state index contributed by atoms with van der Waals surface area (Å²) in [5.74, 6) is 1.96. The summed E-state index contributed by atoms with van der Waals surface area (Å²) < 4.78 is 6.10. The number of ether oxygens (including phenoxy) is 1. The van der Waals surface area contributed by atoms with Gasteiger partial charge >= 0.3 is 0 Å². The third-order valence-electron chi connectivity index (χ3n) is 6.78. The van der Waals surface area contributed by atoms with Crippen LogP contribution in [0.25, 0.3) is 6.08 Å². The number of allylic oxidation sites excluding steroid dienone is 6. The molecular formula is C30H43NO. The van der Waals surface area contributed by atoms with Crippen molar-refractivity contribution in [2.45, 2.75) is 87.0 Å². The Labute approximate surface area is 196 Å². The Balaban J connectivity index is 0.00000141. The van der Waals surface area contributed by atoms with E-state index in [1.807, 2.05) is 13.8 Å². The summed E-state index contributed by atoms with van der Waals surface area (Å²) in [7, 11) is 0. The van der Waals surface area contributed by atoms with Crippen molar-refractivity contribution in [3.8, 4) is 0 Å². The van der Waals surface area contributed by atoms with Crippen molar-refractivity contribution in [3.05, 3.63) is 69.7 Å². The lowest BCUT2D eigenvalue weighted by Gasteiger charge is -2.48. The highest BCUT2D eigenvalue weighted by atomic mass is 16.5. The van der Waals surface area contributed by atoms with Crippen LogP contribution in [0.15, 0.2) is 53.0 Å². The first kappa shape index (κ1) is 24.4. The van der Waals surface area contributed by atoms with E-state index < -0.39 is 0 Å². The highest BCUT2D eigenvalue weighted by Gasteiger charge is 2.39. The molecule has 0 saturated carbocycles. The van der Waals surface area contributed by atoms with Crippen molar-refractivity contribution in [2.24, 2.45) is 5.41 Å². The second kappa shape index (κ2) is 9.33. The molecule has 0 bridgehead atoms. The van der Waals surface area contributed by atoms with Crippen LogP contribution in [0.5, 0.6) is 0 Å². The van der Waals surface area contributed by atoms with E-state index in [2.05, 4.69) is 89.8 Å². The first-order chi connectivity index (χ1) is 15.1. The third-order valence-corrected chi connectivity index (χ3v) is 6.78. The molecule has 0 saturated heterocycles. The summed E-state index contributed by atoms with van der Waals surface area (Å²) >= 11 is 0. The van der Waals surface area contributed by atoms with Gasteiger partial charge in [-0.1, -0.05) is 60.1 Å². The average Bonchev–Trinajstić information content (AvgIpc) is 2.75. The van der Waals surface area contributed by atoms with Crippen LogP contribution in [0.4, 0.5) is 5.69 Å². The van der Waals surface area contributed by atoms with Crippen molar-refractivity contribution in [1.82, 2.24) is 0 Å². The molecule has 0 spiro atoms. The fourth-order valence-corrected chi connectivity index (χ4v) is 5.05. The van der Waals surface area contributed by atoms with Gasteiger partial charge in [0.1, 0.15) is 11.5 Å². The second-order valence-corrected chi connectivity index (χ2v) is 10.9. The van der Waals surface area contributed by atoms with Gasteiger partial charge in [-0.3, -0.25) is 0 Å². The van der Waals surface area contributed by atoms with E-state index in [1.54, 1.807) is 0 Å². The van der Waals surface area contributed by atoms with Gasteiger partial charge in [-0.05, 0) is 90.1 Å². The van der Waals surface area contributed by atoms with E-state index in [1.165, 1.54) is 46.5 Å². The molecule has 0 N–H and O–H groups in total. The van der Waals surface area contributed by atoms with Gasteiger partial charge in [0.2, 0.25) is 0 Å². The lowest BCUT2D eigenvalue weighted by atomic mass is 9.71. The number of hydrogen-bond donors (Lipinski definition) is 0. The average molecular weight is 434 g/mol. The minimum absolute atomic E-state index is 0.222. The van der Waals surface area contributed by atoms with Gasteiger partial charge in [0.25, 0.3) is 0 Å². The van der Waals surface area contributed by atoms with Crippen molar-refractivity contribution in [2.75, 3.05) is 18.0 Å². The van der Waals surface area contributed by atoms with Crippen molar-refractivity contribution >= 4 is 11.8 Å². The van der Waals surface area contributed by atoms with Gasteiger partial charge in [-0.15, -0.1) is 0 Å².